The van der Waals surface area contributed by atoms with Crippen molar-refractivity contribution in [2.75, 3.05) is 5.32 Å². The average Bonchev–Trinajstić information content (AvgIpc) is 2.70. The van der Waals surface area contributed by atoms with E-state index in [-0.39, 0.29) is 6.04 Å². The minimum absolute atomic E-state index is 0.246. The molecule has 2 heterocycles. The Labute approximate surface area is 111 Å². The molecule has 1 unspecified atom stereocenters. The van der Waals surface area contributed by atoms with Gasteiger partial charge in [0.25, 0.3) is 0 Å². The van der Waals surface area contributed by atoms with Crippen molar-refractivity contribution in [2.45, 2.75) is 26.8 Å². The van der Waals surface area contributed by atoms with Gasteiger partial charge < -0.3 is 5.32 Å². The predicted octanol–water partition coefficient (Wildman–Crippen LogP) is 4.59. The number of nitrogens with zero attached hydrogens (tertiary/aromatic N) is 1. The predicted molar refractivity (Wildman–Crippen MR) is 75.1 cm³/mol. The molecule has 17 heavy (non-hydrogen) atoms. The molecule has 1 N–H and O–H groups in total. The van der Waals surface area contributed by atoms with E-state index >= 15 is 0 Å². The number of aromatic nitrogens is 1. The van der Waals surface area contributed by atoms with Crippen LogP contribution in [0.25, 0.3) is 0 Å². The van der Waals surface area contributed by atoms with Crippen LogP contribution in [0.2, 0.25) is 5.15 Å². The van der Waals surface area contributed by atoms with Gasteiger partial charge in [-0.3, -0.25) is 0 Å². The van der Waals surface area contributed by atoms with Crippen molar-refractivity contribution in [3.63, 3.8) is 0 Å². The molecule has 2 rings (SSSR count). The molecule has 0 amide bonds. The Morgan fingerprint density at radius 2 is 2.18 bits per heavy atom. The van der Waals surface area contributed by atoms with Crippen LogP contribution in [0.15, 0.2) is 23.7 Å². The van der Waals surface area contributed by atoms with Crippen LogP contribution in [0.1, 0.15) is 29.0 Å². The summed E-state index contributed by atoms with van der Waals surface area (Å²) in [5, 5.41) is 6.04. The highest BCUT2D eigenvalue weighted by Gasteiger charge is 2.11. The zero-order chi connectivity index (χ0) is 12.4. The molecule has 0 aromatic carbocycles. The van der Waals surface area contributed by atoms with Gasteiger partial charge in [-0.2, -0.15) is 0 Å². The van der Waals surface area contributed by atoms with Crippen LogP contribution in [-0.4, -0.2) is 4.98 Å². The second-order valence-corrected chi connectivity index (χ2v) is 5.49. The maximum atomic E-state index is 6.07. The number of pyridine rings is 1. The van der Waals surface area contributed by atoms with Crippen LogP contribution < -0.4 is 5.32 Å². The van der Waals surface area contributed by atoms with Gasteiger partial charge in [0.15, 0.2) is 5.15 Å². The standard InChI is InChI=1S/C13H15ClN2S/c1-8-6-11(13(14)15-7-8)16-10(3)12-9(2)4-5-17-12/h4-7,10,16H,1-3H3. The van der Waals surface area contributed by atoms with Gasteiger partial charge in [-0.25, -0.2) is 4.98 Å². The smallest absolute Gasteiger partial charge is 0.152 e. The topological polar surface area (TPSA) is 24.9 Å². The Morgan fingerprint density at radius 3 is 2.82 bits per heavy atom. The maximum absolute atomic E-state index is 6.07. The molecular formula is C13H15ClN2S. The first kappa shape index (κ1) is 12.4. The quantitative estimate of drug-likeness (QED) is 0.822. The summed E-state index contributed by atoms with van der Waals surface area (Å²) in [6, 6.07) is 4.40. The SMILES string of the molecule is Cc1cnc(Cl)c(NC(C)c2sccc2C)c1. The minimum atomic E-state index is 0.246. The first-order chi connectivity index (χ1) is 8.08. The van der Waals surface area contributed by atoms with E-state index in [0.717, 1.165) is 11.3 Å². The fraction of sp³-hybridized carbons (Fsp3) is 0.308. The Hall–Kier alpha value is -1.06. The normalized spacial score (nSPS) is 12.5. The van der Waals surface area contributed by atoms with E-state index in [1.165, 1.54) is 10.4 Å². The molecule has 1 atom stereocenters. The molecule has 0 saturated carbocycles. The van der Waals surface area contributed by atoms with Gasteiger partial charge in [0, 0.05) is 11.1 Å². The number of hydrogen-bond acceptors (Lipinski definition) is 3. The van der Waals surface area contributed by atoms with Crippen molar-refractivity contribution in [3.8, 4) is 0 Å². The van der Waals surface area contributed by atoms with E-state index in [1.807, 2.05) is 13.0 Å². The fourth-order valence-corrected chi connectivity index (χ4v) is 2.87. The number of aryl methyl sites for hydroxylation is 2. The molecule has 90 valence electrons. The number of anilines is 1. The van der Waals surface area contributed by atoms with Crippen molar-refractivity contribution in [1.82, 2.24) is 4.98 Å². The largest absolute Gasteiger partial charge is 0.375 e. The van der Waals surface area contributed by atoms with Crippen LogP contribution in [0.3, 0.4) is 0 Å². The van der Waals surface area contributed by atoms with Crippen LogP contribution in [-0.2, 0) is 0 Å². The maximum Gasteiger partial charge on any atom is 0.152 e. The Morgan fingerprint density at radius 1 is 1.41 bits per heavy atom. The Bertz CT molecular complexity index is 522. The number of thiophene rings is 1. The van der Waals surface area contributed by atoms with E-state index in [4.69, 9.17) is 11.6 Å². The molecule has 0 radical (unpaired) electrons. The molecule has 2 aromatic rings. The zero-order valence-electron chi connectivity index (χ0n) is 10.1. The minimum Gasteiger partial charge on any atom is -0.375 e. The van der Waals surface area contributed by atoms with Crippen LogP contribution in [0.5, 0.6) is 0 Å². The van der Waals surface area contributed by atoms with Gasteiger partial charge in [-0.1, -0.05) is 11.6 Å². The summed E-state index contributed by atoms with van der Waals surface area (Å²) in [5.74, 6) is 0. The van der Waals surface area contributed by atoms with E-state index < -0.39 is 0 Å². The Balaban J connectivity index is 2.21. The lowest BCUT2D eigenvalue weighted by Gasteiger charge is -2.16. The van der Waals surface area contributed by atoms with Crippen molar-refractivity contribution in [2.24, 2.45) is 0 Å². The van der Waals surface area contributed by atoms with Crippen molar-refractivity contribution >= 4 is 28.6 Å². The van der Waals surface area contributed by atoms with Gasteiger partial charge in [0.2, 0.25) is 0 Å². The number of hydrogen-bond donors (Lipinski definition) is 1. The first-order valence-electron chi connectivity index (χ1n) is 5.50. The molecule has 0 bridgehead atoms. The number of rotatable bonds is 3. The molecule has 4 heteroatoms. The van der Waals surface area contributed by atoms with Crippen LogP contribution in [0, 0.1) is 13.8 Å². The van der Waals surface area contributed by atoms with Crippen LogP contribution >= 0.6 is 22.9 Å². The summed E-state index contributed by atoms with van der Waals surface area (Å²) in [6.45, 7) is 6.27. The molecule has 0 aliphatic carbocycles. The van der Waals surface area contributed by atoms with Gasteiger partial charge in [-0.15, -0.1) is 11.3 Å². The molecule has 0 fully saturated rings. The molecule has 0 aliphatic heterocycles. The van der Waals surface area contributed by atoms with Gasteiger partial charge in [0.1, 0.15) is 0 Å². The second-order valence-electron chi connectivity index (χ2n) is 4.18. The highest BCUT2D eigenvalue weighted by atomic mass is 35.5. The van der Waals surface area contributed by atoms with Crippen molar-refractivity contribution < 1.29 is 0 Å². The van der Waals surface area contributed by atoms with E-state index in [1.54, 1.807) is 17.5 Å². The average molecular weight is 267 g/mol. The lowest BCUT2D eigenvalue weighted by Crippen LogP contribution is -2.07. The molecular weight excluding hydrogens is 252 g/mol. The molecule has 0 spiro atoms. The third-order valence-electron chi connectivity index (χ3n) is 2.64. The van der Waals surface area contributed by atoms with E-state index in [0.29, 0.717) is 5.15 Å². The lowest BCUT2D eigenvalue weighted by atomic mass is 10.2. The van der Waals surface area contributed by atoms with Gasteiger partial charge >= 0.3 is 0 Å². The summed E-state index contributed by atoms with van der Waals surface area (Å²) < 4.78 is 0. The summed E-state index contributed by atoms with van der Waals surface area (Å²) >= 11 is 7.83. The summed E-state index contributed by atoms with van der Waals surface area (Å²) in [6.07, 6.45) is 1.77. The third-order valence-corrected chi connectivity index (χ3v) is 4.15. The van der Waals surface area contributed by atoms with Gasteiger partial charge in [-0.05, 0) is 49.4 Å². The summed E-state index contributed by atoms with van der Waals surface area (Å²) in [5.41, 5.74) is 3.31. The number of nitrogens with one attached hydrogen (secondary N) is 1. The summed E-state index contributed by atoms with van der Waals surface area (Å²) in [7, 11) is 0. The van der Waals surface area contributed by atoms with Gasteiger partial charge in [0.05, 0.1) is 11.7 Å². The van der Waals surface area contributed by atoms with Crippen molar-refractivity contribution in [1.29, 1.82) is 0 Å². The molecule has 0 aliphatic rings. The van der Waals surface area contributed by atoms with E-state index in [2.05, 4.69) is 35.6 Å². The van der Waals surface area contributed by atoms with Crippen LogP contribution in [0.4, 0.5) is 5.69 Å². The summed E-state index contributed by atoms with van der Waals surface area (Å²) in [4.78, 5) is 5.48. The molecule has 2 nitrogen and oxygen atoms in total. The first-order valence-corrected chi connectivity index (χ1v) is 6.76. The molecule has 2 aromatic heterocycles. The number of halogens is 1. The highest BCUT2D eigenvalue weighted by Crippen LogP contribution is 2.29. The molecule has 0 saturated heterocycles. The zero-order valence-corrected chi connectivity index (χ0v) is 11.7. The third kappa shape index (κ3) is 2.79. The monoisotopic (exact) mass is 266 g/mol. The fourth-order valence-electron chi connectivity index (χ4n) is 1.78. The van der Waals surface area contributed by atoms with Crippen molar-refractivity contribution in [3.05, 3.63) is 44.9 Å². The lowest BCUT2D eigenvalue weighted by molar-refractivity contribution is 0.896. The Kier molecular flexibility index (Phi) is 3.69. The second kappa shape index (κ2) is 5.07. The van der Waals surface area contributed by atoms with E-state index in [9.17, 15) is 0 Å². The highest BCUT2D eigenvalue weighted by molar-refractivity contribution is 7.10.